The fraction of sp³-hybridized carbons (Fsp3) is 0.350. The molecule has 2 aliphatic rings. The quantitative estimate of drug-likeness (QED) is 0.751. The average Bonchev–Trinajstić information content (AvgIpc) is 2.91. The van der Waals surface area contributed by atoms with E-state index >= 15 is 0 Å². The fourth-order valence-corrected chi connectivity index (χ4v) is 3.81. The van der Waals surface area contributed by atoms with Crippen molar-refractivity contribution in [3.8, 4) is 11.1 Å². The van der Waals surface area contributed by atoms with Crippen molar-refractivity contribution in [2.45, 2.75) is 45.3 Å². The van der Waals surface area contributed by atoms with Gasteiger partial charge in [0.05, 0.1) is 12.2 Å². The normalized spacial score (nSPS) is 23.5. The second-order valence-corrected chi connectivity index (χ2v) is 6.75. The number of Topliss-reactive ketones (excluding diaryl/α,β-unsaturated/α-hetero) is 1. The second-order valence-electron chi connectivity index (χ2n) is 6.75. The first-order chi connectivity index (χ1) is 11.6. The van der Waals surface area contributed by atoms with Gasteiger partial charge in [-0.2, -0.15) is 0 Å². The molecule has 24 heavy (non-hydrogen) atoms. The molecule has 0 spiro atoms. The number of ether oxygens (including phenoxy) is 1. The van der Waals surface area contributed by atoms with E-state index in [1.807, 2.05) is 12.1 Å². The third kappa shape index (κ3) is 2.67. The van der Waals surface area contributed by atoms with Gasteiger partial charge < -0.3 is 4.74 Å². The number of aromatic nitrogens is 2. The summed E-state index contributed by atoms with van der Waals surface area (Å²) in [6.07, 6.45) is 7.89. The average molecular weight is 320 g/mol. The van der Waals surface area contributed by atoms with Crippen LogP contribution >= 0.6 is 0 Å². The molecule has 0 N–H and O–H groups in total. The van der Waals surface area contributed by atoms with Crippen LogP contribution in [0.4, 0.5) is 0 Å². The Morgan fingerprint density at radius 3 is 2.46 bits per heavy atom. The van der Waals surface area contributed by atoms with Crippen molar-refractivity contribution in [1.29, 1.82) is 0 Å². The van der Waals surface area contributed by atoms with E-state index in [4.69, 9.17) is 4.74 Å². The van der Waals surface area contributed by atoms with Crippen molar-refractivity contribution in [1.82, 2.24) is 9.97 Å². The summed E-state index contributed by atoms with van der Waals surface area (Å²) in [5, 5.41) is 0. The predicted octanol–water partition coefficient (Wildman–Crippen LogP) is 3.77. The van der Waals surface area contributed by atoms with Gasteiger partial charge in [-0.3, -0.25) is 4.79 Å². The van der Waals surface area contributed by atoms with Crippen molar-refractivity contribution in [2.24, 2.45) is 0 Å². The van der Waals surface area contributed by atoms with E-state index in [0.29, 0.717) is 0 Å². The molecular formula is C20H20N2O2. The van der Waals surface area contributed by atoms with Crippen molar-refractivity contribution in [3.05, 3.63) is 59.2 Å². The maximum absolute atomic E-state index is 13.0. The van der Waals surface area contributed by atoms with Gasteiger partial charge in [-0.05, 0) is 43.9 Å². The molecule has 0 bridgehead atoms. The number of carbonyl (C=O) groups is 1. The van der Waals surface area contributed by atoms with Crippen LogP contribution in [0.25, 0.3) is 11.1 Å². The summed E-state index contributed by atoms with van der Waals surface area (Å²) < 4.78 is 5.81. The molecule has 2 unspecified atom stereocenters. The Kier molecular flexibility index (Phi) is 3.77. The lowest BCUT2D eigenvalue weighted by Crippen LogP contribution is -2.25. The molecule has 2 aromatic rings. The molecule has 0 saturated carbocycles. The number of hydrogen-bond acceptors (Lipinski definition) is 4. The first kappa shape index (κ1) is 15.2. The van der Waals surface area contributed by atoms with E-state index in [0.717, 1.165) is 47.1 Å². The highest BCUT2D eigenvalue weighted by atomic mass is 16.5. The van der Waals surface area contributed by atoms with Gasteiger partial charge in [0.1, 0.15) is 6.33 Å². The summed E-state index contributed by atoms with van der Waals surface area (Å²) in [7, 11) is 0. The minimum atomic E-state index is 0.181. The van der Waals surface area contributed by atoms with E-state index in [1.165, 1.54) is 11.9 Å². The Morgan fingerprint density at radius 2 is 1.75 bits per heavy atom. The fourth-order valence-electron chi connectivity index (χ4n) is 3.81. The van der Waals surface area contributed by atoms with Crippen LogP contribution in [0.5, 0.6) is 0 Å². The largest absolute Gasteiger partial charge is 0.375 e. The van der Waals surface area contributed by atoms with Crippen LogP contribution < -0.4 is 0 Å². The number of carbonyl (C=O) groups excluding carboxylic acids is 1. The minimum Gasteiger partial charge on any atom is -0.375 e. The molecule has 1 aliphatic carbocycles. The van der Waals surface area contributed by atoms with Crippen LogP contribution in [-0.4, -0.2) is 28.0 Å². The summed E-state index contributed by atoms with van der Waals surface area (Å²) >= 11 is 0. The summed E-state index contributed by atoms with van der Waals surface area (Å²) in [6.45, 7) is 4.16. The van der Waals surface area contributed by atoms with Gasteiger partial charge in [0, 0.05) is 35.5 Å². The van der Waals surface area contributed by atoms with Crippen LogP contribution in [-0.2, 0) is 11.2 Å². The molecule has 4 nitrogen and oxygen atoms in total. The third-order valence-corrected chi connectivity index (χ3v) is 4.85. The standard InChI is InChI=1S/C20H20N2O2/c1-12-5-16(6-13(2)24-12)19-8-15-4-3-14(7-18(15)20(19)23)17-9-21-11-22-10-17/h3-4,7,9-13H,5-6,8H2,1-2H3. The maximum Gasteiger partial charge on any atom is 0.189 e. The minimum absolute atomic E-state index is 0.181. The number of rotatable bonds is 1. The van der Waals surface area contributed by atoms with Gasteiger partial charge >= 0.3 is 0 Å². The van der Waals surface area contributed by atoms with Crippen molar-refractivity contribution < 1.29 is 9.53 Å². The Bertz CT molecular complexity index is 815. The Balaban J connectivity index is 1.71. The molecule has 0 radical (unpaired) electrons. The van der Waals surface area contributed by atoms with Crippen LogP contribution in [0.3, 0.4) is 0 Å². The lowest BCUT2D eigenvalue weighted by atomic mass is 9.92. The number of hydrogen-bond donors (Lipinski definition) is 0. The lowest BCUT2D eigenvalue weighted by molar-refractivity contribution is -0.0107. The molecule has 2 atom stereocenters. The first-order valence-electron chi connectivity index (χ1n) is 8.41. The molecule has 1 saturated heterocycles. The van der Waals surface area contributed by atoms with Gasteiger partial charge in [0.15, 0.2) is 5.78 Å². The van der Waals surface area contributed by atoms with E-state index in [-0.39, 0.29) is 18.0 Å². The van der Waals surface area contributed by atoms with Gasteiger partial charge in [0.25, 0.3) is 0 Å². The zero-order chi connectivity index (χ0) is 16.7. The van der Waals surface area contributed by atoms with Crippen molar-refractivity contribution in [3.63, 3.8) is 0 Å². The summed E-state index contributed by atoms with van der Waals surface area (Å²) in [6, 6.07) is 6.10. The smallest absolute Gasteiger partial charge is 0.189 e. The topological polar surface area (TPSA) is 52.1 Å². The van der Waals surface area contributed by atoms with Crippen LogP contribution in [0.15, 0.2) is 48.1 Å². The molecule has 2 heterocycles. The second kappa shape index (κ2) is 5.95. The molecule has 1 aromatic heterocycles. The molecule has 1 aromatic carbocycles. The summed E-state index contributed by atoms with van der Waals surface area (Å²) in [5.74, 6) is 0.181. The molecule has 1 aliphatic heterocycles. The summed E-state index contributed by atoms with van der Waals surface area (Å²) in [5.41, 5.74) is 6.12. The maximum atomic E-state index is 13.0. The van der Waals surface area contributed by atoms with Gasteiger partial charge in [-0.25, -0.2) is 9.97 Å². The highest BCUT2D eigenvalue weighted by Crippen LogP contribution is 2.36. The number of fused-ring (bicyclic) bond motifs is 1. The SMILES string of the molecule is CC1CC(=C2Cc3ccc(-c4cncnc4)cc3C2=O)CC(C)O1. The Morgan fingerprint density at radius 1 is 1.04 bits per heavy atom. The highest BCUT2D eigenvalue weighted by molar-refractivity contribution is 6.14. The highest BCUT2D eigenvalue weighted by Gasteiger charge is 2.31. The van der Waals surface area contributed by atoms with Crippen LogP contribution in [0.1, 0.15) is 42.6 Å². The number of benzene rings is 1. The Hall–Kier alpha value is -2.33. The lowest BCUT2D eigenvalue weighted by Gasteiger charge is -2.28. The van der Waals surface area contributed by atoms with Gasteiger partial charge in [-0.1, -0.05) is 17.7 Å². The van der Waals surface area contributed by atoms with Gasteiger partial charge in [0.2, 0.25) is 0 Å². The molecule has 1 fully saturated rings. The zero-order valence-electron chi connectivity index (χ0n) is 14.0. The number of ketones is 1. The monoisotopic (exact) mass is 320 g/mol. The number of allylic oxidation sites excluding steroid dienone is 1. The van der Waals surface area contributed by atoms with E-state index in [1.54, 1.807) is 12.4 Å². The first-order valence-corrected chi connectivity index (χ1v) is 8.41. The number of nitrogens with zero attached hydrogens (tertiary/aromatic N) is 2. The van der Waals surface area contributed by atoms with Crippen LogP contribution in [0.2, 0.25) is 0 Å². The molecule has 4 rings (SSSR count). The molecule has 122 valence electrons. The third-order valence-electron chi connectivity index (χ3n) is 4.85. The van der Waals surface area contributed by atoms with Crippen molar-refractivity contribution in [2.75, 3.05) is 0 Å². The van der Waals surface area contributed by atoms with E-state index in [9.17, 15) is 4.79 Å². The molecule has 4 heteroatoms. The molecular weight excluding hydrogens is 300 g/mol. The van der Waals surface area contributed by atoms with Crippen LogP contribution in [0, 0.1) is 0 Å². The van der Waals surface area contributed by atoms with Crippen molar-refractivity contribution >= 4 is 5.78 Å². The predicted molar refractivity (Wildman–Crippen MR) is 91.8 cm³/mol. The Labute approximate surface area is 141 Å². The van der Waals surface area contributed by atoms with E-state index < -0.39 is 0 Å². The van der Waals surface area contributed by atoms with E-state index in [2.05, 4.69) is 29.9 Å². The van der Waals surface area contributed by atoms with Gasteiger partial charge in [-0.15, -0.1) is 0 Å². The molecule has 0 amide bonds. The zero-order valence-corrected chi connectivity index (χ0v) is 14.0. The summed E-state index contributed by atoms with van der Waals surface area (Å²) in [4.78, 5) is 21.1.